The molecule has 0 unspecified atom stereocenters. The van der Waals surface area contributed by atoms with Crippen molar-refractivity contribution in [2.24, 2.45) is 5.73 Å². The zero-order valence-electron chi connectivity index (χ0n) is 12.2. The lowest BCUT2D eigenvalue weighted by Gasteiger charge is -2.16. The predicted octanol–water partition coefficient (Wildman–Crippen LogP) is 4.04. The highest BCUT2D eigenvalue weighted by molar-refractivity contribution is 5.48. The monoisotopic (exact) mass is 273 g/mol. The smallest absolute Gasteiger partial charge is 0.133 e. The Bertz CT molecular complexity index is 623. The van der Waals surface area contributed by atoms with Gasteiger partial charge < -0.3 is 10.5 Å². The van der Waals surface area contributed by atoms with Gasteiger partial charge in [0.1, 0.15) is 17.3 Å². The summed E-state index contributed by atoms with van der Waals surface area (Å²) in [6.07, 6.45) is 0.464. The molecule has 0 aliphatic carbocycles. The van der Waals surface area contributed by atoms with Gasteiger partial charge in [-0.15, -0.1) is 0 Å². The van der Waals surface area contributed by atoms with E-state index in [4.69, 9.17) is 10.5 Å². The molecule has 0 saturated carbocycles. The molecule has 0 spiro atoms. The predicted molar refractivity (Wildman–Crippen MR) is 79.9 cm³/mol. The average Bonchev–Trinajstić information content (AvgIpc) is 2.43. The molecule has 2 N–H and O–H groups in total. The molecule has 0 aliphatic heterocycles. The van der Waals surface area contributed by atoms with Crippen molar-refractivity contribution in [2.45, 2.75) is 27.2 Å². The Labute approximate surface area is 119 Å². The molecule has 0 saturated heterocycles. The Morgan fingerprint density at radius 1 is 1.05 bits per heavy atom. The van der Waals surface area contributed by atoms with E-state index in [0.717, 1.165) is 22.4 Å². The van der Waals surface area contributed by atoms with Gasteiger partial charge in [0.05, 0.1) is 0 Å². The maximum Gasteiger partial charge on any atom is 0.133 e. The highest BCUT2D eigenvalue weighted by Gasteiger charge is 2.13. The van der Waals surface area contributed by atoms with Crippen LogP contribution in [0.4, 0.5) is 4.39 Å². The quantitative estimate of drug-likeness (QED) is 0.912. The van der Waals surface area contributed by atoms with Crippen LogP contribution in [0.5, 0.6) is 11.5 Å². The van der Waals surface area contributed by atoms with Gasteiger partial charge in [0.15, 0.2) is 0 Å². The van der Waals surface area contributed by atoms with Crippen LogP contribution in [-0.2, 0) is 6.42 Å². The topological polar surface area (TPSA) is 35.2 Å². The normalized spacial score (nSPS) is 10.7. The first-order chi connectivity index (χ1) is 9.54. The number of benzene rings is 2. The minimum atomic E-state index is -0.268. The van der Waals surface area contributed by atoms with Gasteiger partial charge in [0, 0.05) is 5.56 Å². The number of nitrogens with two attached hydrogens (primary N) is 1. The van der Waals surface area contributed by atoms with E-state index in [1.807, 2.05) is 26.8 Å². The van der Waals surface area contributed by atoms with Gasteiger partial charge in [-0.2, -0.15) is 0 Å². The minimum absolute atomic E-state index is 0.268. The second-order valence-electron chi connectivity index (χ2n) is 5.01. The fourth-order valence-electron chi connectivity index (χ4n) is 2.21. The number of halogens is 1. The van der Waals surface area contributed by atoms with E-state index < -0.39 is 0 Å². The van der Waals surface area contributed by atoms with E-state index in [9.17, 15) is 4.39 Å². The summed E-state index contributed by atoms with van der Waals surface area (Å²) in [5.41, 5.74) is 9.36. The second-order valence-corrected chi connectivity index (χ2v) is 5.01. The van der Waals surface area contributed by atoms with Crippen LogP contribution in [0, 0.1) is 26.6 Å². The van der Waals surface area contributed by atoms with Crippen LogP contribution >= 0.6 is 0 Å². The Kier molecular flexibility index (Phi) is 4.40. The van der Waals surface area contributed by atoms with Crippen LogP contribution in [0.2, 0.25) is 0 Å². The van der Waals surface area contributed by atoms with Crippen molar-refractivity contribution in [3.63, 3.8) is 0 Å². The first kappa shape index (κ1) is 14.5. The van der Waals surface area contributed by atoms with Gasteiger partial charge in [-0.05, 0) is 62.6 Å². The Balaban J connectivity index is 2.45. The molecular formula is C17H20FNO. The van der Waals surface area contributed by atoms with Gasteiger partial charge in [-0.1, -0.05) is 18.2 Å². The fraction of sp³-hybridized carbons (Fsp3) is 0.294. The first-order valence-corrected chi connectivity index (χ1v) is 6.76. The van der Waals surface area contributed by atoms with E-state index in [2.05, 4.69) is 6.07 Å². The van der Waals surface area contributed by atoms with Crippen molar-refractivity contribution in [1.82, 2.24) is 0 Å². The van der Waals surface area contributed by atoms with Crippen molar-refractivity contribution >= 4 is 0 Å². The van der Waals surface area contributed by atoms with Crippen LogP contribution < -0.4 is 10.5 Å². The molecule has 0 heterocycles. The van der Waals surface area contributed by atoms with E-state index >= 15 is 0 Å². The van der Waals surface area contributed by atoms with Crippen LogP contribution in [0.25, 0.3) is 0 Å². The summed E-state index contributed by atoms with van der Waals surface area (Å²) in [6.45, 7) is 6.43. The molecular weight excluding hydrogens is 253 g/mol. The van der Waals surface area contributed by atoms with Gasteiger partial charge in [-0.3, -0.25) is 0 Å². The summed E-state index contributed by atoms with van der Waals surface area (Å²) in [6, 6.07) is 8.96. The number of rotatable bonds is 4. The Morgan fingerprint density at radius 3 is 2.45 bits per heavy atom. The molecule has 0 amide bonds. The SMILES string of the molecule is Cc1ccc(C)c(Oc2cccc(F)c2CCN)c1C. The maximum absolute atomic E-state index is 13.9. The molecule has 3 heteroatoms. The summed E-state index contributed by atoms with van der Waals surface area (Å²) in [5, 5.41) is 0. The molecule has 0 aliphatic rings. The van der Waals surface area contributed by atoms with Crippen molar-refractivity contribution in [1.29, 1.82) is 0 Å². The first-order valence-electron chi connectivity index (χ1n) is 6.76. The van der Waals surface area contributed by atoms with Gasteiger partial charge in [0.2, 0.25) is 0 Å². The van der Waals surface area contributed by atoms with Crippen LogP contribution in [-0.4, -0.2) is 6.54 Å². The summed E-state index contributed by atoms with van der Waals surface area (Å²) >= 11 is 0. The van der Waals surface area contributed by atoms with E-state index in [1.54, 1.807) is 12.1 Å². The van der Waals surface area contributed by atoms with Crippen LogP contribution in [0.1, 0.15) is 22.3 Å². The molecule has 2 aromatic rings. The molecule has 106 valence electrons. The van der Waals surface area contributed by atoms with Crippen molar-refractivity contribution in [3.05, 3.63) is 58.4 Å². The highest BCUT2D eigenvalue weighted by atomic mass is 19.1. The number of ether oxygens (including phenoxy) is 1. The zero-order chi connectivity index (χ0) is 14.7. The molecule has 0 fully saturated rings. The summed E-state index contributed by atoms with van der Waals surface area (Å²) in [7, 11) is 0. The molecule has 2 aromatic carbocycles. The minimum Gasteiger partial charge on any atom is -0.456 e. The summed E-state index contributed by atoms with van der Waals surface area (Å²) < 4.78 is 19.9. The molecule has 2 rings (SSSR count). The second kappa shape index (κ2) is 6.06. The van der Waals surface area contributed by atoms with Crippen LogP contribution in [0.3, 0.4) is 0 Å². The standard InChI is InChI=1S/C17H20FNO/c1-11-7-8-12(2)17(13(11)3)20-16-6-4-5-15(18)14(16)9-10-19/h4-8H,9-10,19H2,1-3H3. The highest BCUT2D eigenvalue weighted by Crippen LogP contribution is 2.33. The molecule has 0 aromatic heterocycles. The van der Waals surface area contributed by atoms with E-state index in [1.165, 1.54) is 6.07 Å². The van der Waals surface area contributed by atoms with Crippen molar-refractivity contribution in [2.75, 3.05) is 6.54 Å². The third kappa shape index (κ3) is 2.83. The molecule has 20 heavy (non-hydrogen) atoms. The van der Waals surface area contributed by atoms with Gasteiger partial charge in [-0.25, -0.2) is 4.39 Å². The Hall–Kier alpha value is -1.87. The lowest BCUT2D eigenvalue weighted by molar-refractivity contribution is 0.460. The van der Waals surface area contributed by atoms with Crippen LogP contribution in [0.15, 0.2) is 30.3 Å². The summed E-state index contributed by atoms with van der Waals surface area (Å²) in [4.78, 5) is 0. The van der Waals surface area contributed by atoms with Gasteiger partial charge >= 0.3 is 0 Å². The molecule has 0 atom stereocenters. The zero-order valence-corrected chi connectivity index (χ0v) is 12.2. The average molecular weight is 273 g/mol. The van der Waals surface area contributed by atoms with Crippen molar-refractivity contribution in [3.8, 4) is 11.5 Å². The number of hydrogen-bond donors (Lipinski definition) is 1. The largest absolute Gasteiger partial charge is 0.456 e. The van der Waals surface area contributed by atoms with E-state index in [-0.39, 0.29) is 5.82 Å². The van der Waals surface area contributed by atoms with E-state index in [0.29, 0.717) is 24.3 Å². The third-order valence-corrected chi connectivity index (χ3v) is 3.56. The maximum atomic E-state index is 13.9. The van der Waals surface area contributed by atoms with Crippen molar-refractivity contribution < 1.29 is 9.13 Å². The number of aryl methyl sites for hydroxylation is 2. The molecule has 2 nitrogen and oxygen atoms in total. The molecule has 0 bridgehead atoms. The molecule has 0 radical (unpaired) electrons. The summed E-state index contributed by atoms with van der Waals surface area (Å²) in [5.74, 6) is 1.08. The lowest BCUT2D eigenvalue weighted by Crippen LogP contribution is -2.06. The van der Waals surface area contributed by atoms with Gasteiger partial charge in [0.25, 0.3) is 0 Å². The third-order valence-electron chi connectivity index (χ3n) is 3.56. The fourth-order valence-corrected chi connectivity index (χ4v) is 2.21. The Morgan fingerprint density at radius 2 is 1.75 bits per heavy atom. The lowest BCUT2D eigenvalue weighted by atomic mass is 10.0. The number of hydrogen-bond acceptors (Lipinski definition) is 2.